The molecule has 4 nitrogen and oxygen atoms in total. The monoisotopic (exact) mass is 345 g/mol. The molecule has 1 fully saturated rings. The van der Waals surface area contributed by atoms with Gasteiger partial charge in [0.2, 0.25) is 10.0 Å². The number of rotatable bonds is 4. The Balaban J connectivity index is 1.81. The highest BCUT2D eigenvalue weighted by atomic mass is 32.2. The maximum Gasteiger partial charge on any atom is 0.243 e. The Morgan fingerprint density at radius 3 is 2.33 bits per heavy atom. The third kappa shape index (κ3) is 3.47. The normalized spacial score (nSPS) is 19.2. The largest absolute Gasteiger partial charge is 0.497 e. The number of ether oxygens (including phenoxy) is 1. The molecule has 0 N–H and O–H groups in total. The highest BCUT2D eigenvalue weighted by Gasteiger charge is 2.30. The lowest BCUT2D eigenvalue weighted by molar-refractivity contribution is 0.315. The Morgan fingerprint density at radius 1 is 1.04 bits per heavy atom. The number of sulfonamides is 1. The van der Waals surface area contributed by atoms with Crippen LogP contribution in [0.15, 0.2) is 53.4 Å². The van der Waals surface area contributed by atoms with Crippen LogP contribution in [0.2, 0.25) is 0 Å². The summed E-state index contributed by atoms with van der Waals surface area (Å²) in [6.45, 7) is 3.18. The van der Waals surface area contributed by atoms with Gasteiger partial charge in [-0.05, 0) is 55.5 Å². The van der Waals surface area contributed by atoms with Gasteiger partial charge in [-0.2, -0.15) is 4.31 Å². The van der Waals surface area contributed by atoms with Crippen LogP contribution in [0, 0.1) is 6.92 Å². The molecule has 0 amide bonds. The molecule has 0 aromatic heterocycles. The number of hydrogen-bond acceptors (Lipinski definition) is 3. The van der Waals surface area contributed by atoms with Crippen LogP contribution >= 0.6 is 0 Å². The number of piperidine rings is 1. The zero-order chi connectivity index (χ0) is 17.2. The molecule has 0 radical (unpaired) electrons. The van der Waals surface area contributed by atoms with Crippen molar-refractivity contribution in [2.45, 2.75) is 30.6 Å². The first-order valence-electron chi connectivity index (χ1n) is 8.21. The van der Waals surface area contributed by atoms with Gasteiger partial charge in [0.1, 0.15) is 5.75 Å². The molecule has 1 saturated heterocycles. The van der Waals surface area contributed by atoms with Crippen molar-refractivity contribution in [2.24, 2.45) is 0 Å². The number of nitrogens with zero attached hydrogens (tertiary/aromatic N) is 1. The lowest BCUT2D eigenvalue weighted by atomic mass is 9.91. The number of hydrogen-bond donors (Lipinski definition) is 0. The molecule has 2 aromatic rings. The minimum absolute atomic E-state index is 0.257. The molecule has 2 aromatic carbocycles. The summed E-state index contributed by atoms with van der Waals surface area (Å²) in [4.78, 5) is 0.327. The second-order valence-corrected chi connectivity index (χ2v) is 8.23. The maximum absolute atomic E-state index is 12.9. The fourth-order valence-electron chi connectivity index (χ4n) is 3.17. The van der Waals surface area contributed by atoms with E-state index in [-0.39, 0.29) is 5.92 Å². The topological polar surface area (TPSA) is 46.6 Å². The van der Waals surface area contributed by atoms with Crippen molar-refractivity contribution in [3.05, 3.63) is 59.7 Å². The van der Waals surface area contributed by atoms with E-state index in [2.05, 4.69) is 31.2 Å². The van der Waals surface area contributed by atoms with Crippen LogP contribution in [0.5, 0.6) is 5.75 Å². The summed E-state index contributed by atoms with van der Waals surface area (Å²) in [5.74, 6) is 0.914. The summed E-state index contributed by atoms with van der Waals surface area (Å²) >= 11 is 0. The maximum atomic E-state index is 12.9. The first kappa shape index (κ1) is 17.0. The molecule has 3 rings (SSSR count). The quantitative estimate of drug-likeness (QED) is 0.851. The van der Waals surface area contributed by atoms with Gasteiger partial charge in [0.05, 0.1) is 12.0 Å². The molecule has 24 heavy (non-hydrogen) atoms. The molecule has 0 spiro atoms. The second kappa shape index (κ2) is 6.95. The Kier molecular flexibility index (Phi) is 4.92. The van der Waals surface area contributed by atoms with Crippen molar-refractivity contribution in [3.8, 4) is 5.75 Å². The first-order chi connectivity index (χ1) is 11.5. The van der Waals surface area contributed by atoms with Crippen molar-refractivity contribution in [1.29, 1.82) is 0 Å². The van der Waals surface area contributed by atoms with E-state index >= 15 is 0 Å². The van der Waals surface area contributed by atoms with Gasteiger partial charge in [-0.3, -0.25) is 0 Å². The van der Waals surface area contributed by atoms with Gasteiger partial charge >= 0.3 is 0 Å². The summed E-state index contributed by atoms with van der Waals surface area (Å²) in [6, 6.07) is 15.0. The minimum atomic E-state index is -3.46. The average molecular weight is 345 g/mol. The van der Waals surface area contributed by atoms with Crippen molar-refractivity contribution in [3.63, 3.8) is 0 Å². The molecule has 1 heterocycles. The zero-order valence-electron chi connectivity index (χ0n) is 14.1. The third-order valence-corrected chi connectivity index (χ3v) is 6.51. The fraction of sp³-hybridized carbons (Fsp3) is 0.368. The second-order valence-electron chi connectivity index (χ2n) is 6.29. The zero-order valence-corrected chi connectivity index (χ0v) is 14.9. The Morgan fingerprint density at radius 2 is 1.71 bits per heavy atom. The molecule has 1 unspecified atom stereocenters. The molecule has 0 bridgehead atoms. The Bertz CT molecular complexity index is 782. The van der Waals surface area contributed by atoms with Gasteiger partial charge in [-0.1, -0.05) is 29.8 Å². The third-order valence-electron chi connectivity index (χ3n) is 4.63. The van der Waals surface area contributed by atoms with Crippen molar-refractivity contribution in [2.75, 3.05) is 20.2 Å². The predicted molar refractivity (Wildman–Crippen MR) is 94.9 cm³/mol. The first-order valence-corrected chi connectivity index (χ1v) is 9.65. The van der Waals surface area contributed by atoms with Gasteiger partial charge in [-0.25, -0.2) is 8.42 Å². The van der Waals surface area contributed by atoms with E-state index in [1.165, 1.54) is 11.1 Å². The Labute approximate surface area is 144 Å². The van der Waals surface area contributed by atoms with E-state index in [0.29, 0.717) is 23.7 Å². The molecule has 5 heteroatoms. The minimum Gasteiger partial charge on any atom is -0.497 e. The number of methoxy groups -OCH3 is 1. The van der Waals surface area contributed by atoms with Gasteiger partial charge in [0, 0.05) is 13.1 Å². The van der Waals surface area contributed by atoms with Crippen molar-refractivity contribution >= 4 is 10.0 Å². The average Bonchev–Trinajstić information content (AvgIpc) is 2.62. The van der Waals surface area contributed by atoms with E-state index in [1.807, 2.05) is 0 Å². The van der Waals surface area contributed by atoms with Crippen molar-refractivity contribution < 1.29 is 13.2 Å². The van der Waals surface area contributed by atoms with E-state index in [0.717, 1.165) is 12.8 Å². The highest BCUT2D eigenvalue weighted by Crippen LogP contribution is 2.30. The van der Waals surface area contributed by atoms with Crippen LogP contribution in [0.3, 0.4) is 0 Å². The van der Waals surface area contributed by atoms with Gasteiger partial charge in [-0.15, -0.1) is 0 Å². The van der Waals surface area contributed by atoms with E-state index < -0.39 is 10.0 Å². The van der Waals surface area contributed by atoms with E-state index in [4.69, 9.17) is 4.74 Å². The van der Waals surface area contributed by atoms with Crippen LogP contribution in [-0.4, -0.2) is 32.9 Å². The molecular weight excluding hydrogens is 322 g/mol. The fourth-order valence-corrected chi connectivity index (χ4v) is 4.69. The van der Waals surface area contributed by atoms with Crippen LogP contribution < -0.4 is 4.74 Å². The summed E-state index contributed by atoms with van der Waals surface area (Å²) in [6.07, 6.45) is 1.91. The molecule has 1 atom stereocenters. The van der Waals surface area contributed by atoms with Gasteiger partial charge in [0.15, 0.2) is 0 Å². The lowest BCUT2D eigenvalue weighted by Crippen LogP contribution is -2.39. The van der Waals surface area contributed by atoms with E-state index in [9.17, 15) is 8.42 Å². The number of benzene rings is 2. The van der Waals surface area contributed by atoms with Crippen LogP contribution in [0.25, 0.3) is 0 Å². The molecular formula is C19H23NO3S. The standard InChI is InChI=1S/C19H23NO3S/c1-15-5-7-16(8-6-15)17-4-3-13-20(14-17)24(21,22)19-11-9-18(23-2)10-12-19/h5-12,17H,3-4,13-14H2,1-2H3. The molecule has 0 aliphatic carbocycles. The summed E-state index contributed by atoms with van der Waals surface area (Å²) in [7, 11) is -1.89. The molecule has 128 valence electrons. The summed E-state index contributed by atoms with van der Waals surface area (Å²) < 4.78 is 32.5. The van der Waals surface area contributed by atoms with Crippen LogP contribution in [0.1, 0.15) is 29.9 Å². The SMILES string of the molecule is COc1ccc(S(=O)(=O)N2CCCC(c3ccc(C)cc3)C2)cc1. The van der Waals surface area contributed by atoms with Crippen LogP contribution in [-0.2, 0) is 10.0 Å². The summed E-state index contributed by atoms with van der Waals surface area (Å²) in [5.41, 5.74) is 2.44. The summed E-state index contributed by atoms with van der Waals surface area (Å²) in [5, 5.41) is 0. The molecule has 1 aliphatic rings. The highest BCUT2D eigenvalue weighted by molar-refractivity contribution is 7.89. The van der Waals surface area contributed by atoms with Gasteiger partial charge < -0.3 is 4.74 Å². The molecule has 0 saturated carbocycles. The Hall–Kier alpha value is -1.85. The predicted octanol–water partition coefficient (Wildman–Crippen LogP) is 3.57. The van der Waals surface area contributed by atoms with Gasteiger partial charge in [0.25, 0.3) is 0 Å². The van der Waals surface area contributed by atoms with E-state index in [1.54, 1.807) is 35.7 Å². The lowest BCUT2D eigenvalue weighted by Gasteiger charge is -2.32. The van der Waals surface area contributed by atoms with Crippen LogP contribution in [0.4, 0.5) is 0 Å². The number of aryl methyl sites for hydroxylation is 1. The van der Waals surface area contributed by atoms with Crippen molar-refractivity contribution in [1.82, 2.24) is 4.31 Å². The molecule has 1 aliphatic heterocycles. The smallest absolute Gasteiger partial charge is 0.243 e.